The lowest BCUT2D eigenvalue weighted by Gasteiger charge is -2.38. The molecule has 3 rings (SSSR count). The lowest BCUT2D eigenvalue weighted by Crippen LogP contribution is -2.48. The number of benzene rings is 1. The number of aliphatic hydroxyl groups excluding tert-OH is 1. The third-order valence-corrected chi connectivity index (χ3v) is 5.37. The van der Waals surface area contributed by atoms with Crippen molar-refractivity contribution >= 4 is 6.03 Å². The first-order valence-corrected chi connectivity index (χ1v) is 8.39. The summed E-state index contributed by atoms with van der Waals surface area (Å²) >= 11 is 0. The highest BCUT2D eigenvalue weighted by Crippen LogP contribution is 2.35. The van der Waals surface area contributed by atoms with Crippen LogP contribution >= 0.6 is 0 Å². The fraction of sp³-hybridized carbons (Fsp3) is 0.611. The second-order valence-corrected chi connectivity index (χ2v) is 7.03. The summed E-state index contributed by atoms with van der Waals surface area (Å²) in [6, 6.07) is 8.29. The van der Waals surface area contributed by atoms with Crippen LogP contribution < -0.4 is 10.6 Å². The SMILES string of the molecule is CC1(CNC(=O)NC2CCc3ccccc32)CCCCC1O. The molecule has 0 spiro atoms. The second kappa shape index (κ2) is 6.29. The minimum absolute atomic E-state index is 0.111. The largest absolute Gasteiger partial charge is 0.392 e. The molecule has 1 aromatic carbocycles. The fourth-order valence-corrected chi connectivity index (χ4v) is 3.79. The second-order valence-electron chi connectivity index (χ2n) is 7.03. The minimum Gasteiger partial charge on any atom is -0.392 e. The number of amides is 2. The summed E-state index contributed by atoms with van der Waals surface area (Å²) in [4.78, 5) is 12.2. The Morgan fingerprint density at radius 3 is 2.95 bits per heavy atom. The molecule has 2 aliphatic carbocycles. The van der Waals surface area contributed by atoms with Gasteiger partial charge in [-0.15, -0.1) is 0 Å². The summed E-state index contributed by atoms with van der Waals surface area (Å²) in [5.74, 6) is 0. The number of urea groups is 1. The Hall–Kier alpha value is -1.55. The number of hydrogen-bond donors (Lipinski definition) is 3. The standard InChI is InChI=1S/C18H26N2O2/c1-18(11-5-4-8-16(18)21)12-19-17(22)20-15-10-9-13-6-2-3-7-14(13)15/h2-3,6-7,15-16,21H,4-5,8-12H2,1H3,(H2,19,20,22). The van der Waals surface area contributed by atoms with Crippen LogP contribution in [0, 0.1) is 5.41 Å². The Morgan fingerprint density at radius 1 is 1.32 bits per heavy atom. The van der Waals surface area contributed by atoms with Gasteiger partial charge in [-0.3, -0.25) is 0 Å². The van der Waals surface area contributed by atoms with Crippen molar-refractivity contribution in [2.45, 2.75) is 57.6 Å². The summed E-state index contributed by atoms with van der Waals surface area (Å²) in [6.45, 7) is 2.61. The molecule has 0 radical (unpaired) electrons. The molecule has 22 heavy (non-hydrogen) atoms. The highest BCUT2D eigenvalue weighted by molar-refractivity contribution is 5.74. The van der Waals surface area contributed by atoms with Crippen molar-refractivity contribution in [3.05, 3.63) is 35.4 Å². The zero-order valence-electron chi connectivity index (χ0n) is 13.3. The highest BCUT2D eigenvalue weighted by Gasteiger charge is 2.35. The lowest BCUT2D eigenvalue weighted by atomic mass is 9.73. The normalized spacial score (nSPS) is 30.6. The summed E-state index contributed by atoms with van der Waals surface area (Å²) in [7, 11) is 0. The van der Waals surface area contributed by atoms with E-state index in [9.17, 15) is 9.90 Å². The molecule has 3 N–H and O–H groups in total. The van der Waals surface area contributed by atoms with Gasteiger partial charge in [0.25, 0.3) is 0 Å². The first kappa shape index (κ1) is 15.3. The van der Waals surface area contributed by atoms with Crippen molar-refractivity contribution in [1.29, 1.82) is 0 Å². The maximum absolute atomic E-state index is 12.2. The van der Waals surface area contributed by atoms with Gasteiger partial charge in [0.1, 0.15) is 0 Å². The van der Waals surface area contributed by atoms with Gasteiger partial charge in [-0.1, -0.05) is 44.0 Å². The zero-order chi connectivity index (χ0) is 15.6. The van der Waals surface area contributed by atoms with Crippen molar-refractivity contribution in [2.75, 3.05) is 6.54 Å². The number of nitrogens with one attached hydrogen (secondary N) is 2. The number of fused-ring (bicyclic) bond motifs is 1. The van der Waals surface area contributed by atoms with Gasteiger partial charge in [-0.25, -0.2) is 4.79 Å². The van der Waals surface area contributed by atoms with E-state index >= 15 is 0 Å². The van der Waals surface area contributed by atoms with Crippen molar-refractivity contribution in [2.24, 2.45) is 5.41 Å². The number of carbonyl (C=O) groups excluding carboxylic acids is 1. The quantitative estimate of drug-likeness (QED) is 0.804. The molecule has 3 unspecified atom stereocenters. The van der Waals surface area contributed by atoms with Gasteiger partial charge in [0.15, 0.2) is 0 Å². The van der Waals surface area contributed by atoms with Crippen LogP contribution in [-0.2, 0) is 6.42 Å². The first-order chi connectivity index (χ1) is 10.6. The molecule has 3 atom stereocenters. The van der Waals surface area contributed by atoms with E-state index in [2.05, 4.69) is 29.7 Å². The highest BCUT2D eigenvalue weighted by atomic mass is 16.3. The van der Waals surface area contributed by atoms with Crippen LogP contribution in [0.3, 0.4) is 0 Å². The van der Waals surface area contributed by atoms with E-state index in [1.54, 1.807) is 0 Å². The number of hydrogen-bond acceptors (Lipinski definition) is 2. The molecule has 0 aromatic heterocycles. The molecule has 0 heterocycles. The third-order valence-electron chi connectivity index (χ3n) is 5.37. The van der Waals surface area contributed by atoms with E-state index in [-0.39, 0.29) is 23.6 Å². The Bertz CT molecular complexity index is 546. The summed E-state index contributed by atoms with van der Waals surface area (Å²) in [5.41, 5.74) is 2.38. The van der Waals surface area contributed by atoms with Crippen LogP contribution in [0.1, 0.15) is 56.2 Å². The van der Waals surface area contributed by atoms with Crippen LogP contribution in [0.2, 0.25) is 0 Å². The van der Waals surface area contributed by atoms with Crippen LogP contribution in [-0.4, -0.2) is 23.8 Å². The maximum atomic E-state index is 12.2. The molecule has 0 bridgehead atoms. The Kier molecular flexibility index (Phi) is 4.39. The number of rotatable bonds is 3. The van der Waals surface area contributed by atoms with Gasteiger partial charge in [0, 0.05) is 12.0 Å². The van der Waals surface area contributed by atoms with Crippen molar-refractivity contribution in [1.82, 2.24) is 10.6 Å². The summed E-state index contributed by atoms with van der Waals surface area (Å²) in [5, 5.41) is 16.2. The molecule has 0 saturated heterocycles. The average molecular weight is 302 g/mol. The molecular formula is C18H26N2O2. The smallest absolute Gasteiger partial charge is 0.315 e. The van der Waals surface area contributed by atoms with Gasteiger partial charge in [-0.05, 0) is 36.8 Å². The van der Waals surface area contributed by atoms with Crippen LogP contribution in [0.5, 0.6) is 0 Å². The molecule has 2 amide bonds. The monoisotopic (exact) mass is 302 g/mol. The van der Waals surface area contributed by atoms with E-state index < -0.39 is 0 Å². The summed E-state index contributed by atoms with van der Waals surface area (Å²) < 4.78 is 0. The third kappa shape index (κ3) is 3.12. The van der Waals surface area contributed by atoms with E-state index in [0.717, 1.165) is 38.5 Å². The predicted octanol–water partition coefficient (Wildman–Crippen LogP) is 2.91. The number of carbonyl (C=O) groups is 1. The van der Waals surface area contributed by atoms with E-state index in [1.807, 2.05) is 12.1 Å². The predicted molar refractivity (Wildman–Crippen MR) is 86.6 cm³/mol. The minimum atomic E-state index is -0.311. The molecule has 0 aliphatic heterocycles. The van der Waals surface area contributed by atoms with Gasteiger partial charge in [0.05, 0.1) is 12.1 Å². The molecule has 1 saturated carbocycles. The van der Waals surface area contributed by atoms with E-state index in [0.29, 0.717) is 6.54 Å². The molecule has 4 nitrogen and oxygen atoms in total. The van der Waals surface area contributed by atoms with Gasteiger partial charge >= 0.3 is 6.03 Å². The maximum Gasteiger partial charge on any atom is 0.315 e. The zero-order valence-corrected chi connectivity index (χ0v) is 13.3. The average Bonchev–Trinajstić information content (AvgIpc) is 2.92. The van der Waals surface area contributed by atoms with Crippen LogP contribution in [0.15, 0.2) is 24.3 Å². The molecule has 1 aromatic rings. The molecule has 2 aliphatic rings. The van der Waals surface area contributed by atoms with Crippen molar-refractivity contribution < 1.29 is 9.90 Å². The summed E-state index contributed by atoms with van der Waals surface area (Å²) in [6.07, 6.45) is 5.71. The fourth-order valence-electron chi connectivity index (χ4n) is 3.79. The van der Waals surface area contributed by atoms with Gasteiger partial charge < -0.3 is 15.7 Å². The van der Waals surface area contributed by atoms with Gasteiger partial charge in [-0.2, -0.15) is 0 Å². The van der Waals surface area contributed by atoms with E-state index in [1.165, 1.54) is 11.1 Å². The first-order valence-electron chi connectivity index (χ1n) is 8.39. The molecule has 120 valence electrons. The Morgan fingerprint density at radius 2 is 2.14 bits per heavy atom. The molecular weight excluding hydrogens is 276 g/mol. The lowest BCUT2D eigenvalue weighted by molar-refractivity contribution is 0.00305. The van der Waals surface area contributed by atoms with Gasteiger partial charge in [0.2, 0.25) is 0 Å². The van der Waals surface area contributed by atoms with E-state index in [4.69, 9.17) is 0 Å². The van der Waals surface area contributed by atoms with Crippen LogP contribution in [0.4, 0.5) is 4.79 Å². The number of aryl methyl sites for hydroxylation is 1. The van der Waals surface area contributed by atoms with Crippen molar-refractivity contribution in [3.8, 4) is 0 Å². The number of aliphatic hydroxyl groups is 1. The molecule has 4 heteroatoms. The topological polar surface area (TPSA) is 61.4 Å². The Labute approximate surface area is 132 Å². The van der Waals surface area contributed by atoms with Crippen molar-refractivity contribution in [3.63, 3.8) is 0 Å². The molecule has 1 fully saturated rings. The Balaban J connectivity index is 1.53. The van der Waals surface area contributed by atoms with Crippen LogP contribution in [0.25, 0.3) is 0 Å².